The summed E-state index contributed by atoms with van der Waals surface area (Å²) in [5, 5.41) is 2.72. The van der Waals surface area contributed by atoms with Gasteiger partial charge in [-0.3, -0.25) is 15.1 Å². The van der Waals surface area contributed by atoms with Crippen LogP contribution in [0.3, 0.4) is 0 Å². The molecule has 0 spiro atoms. The lowest BCUT2D eigenvalue weighted by Crippen LogP contribution is -2.19. The van der Waals surface area contributed by atoms with Crippen LogP contribution >= 0.6 is 0 Å². The Balaban J connectivity index is 1.82. The van der Waals surface area contributed by atoms with Crippen LogP contribution in [0.4, 0.5) is 10.1 Å². The molecule has 6 nitrogen and oxygen atoms in total. The fourth-order valence-corrected chi connectivity index (χ4v) is 2.87. The van der Waals surface area contributed by atoms with E-state index in [-0.39, 0.29) is 11.7 Å². The molecule has 1 aromatic carbocycles. The quantitative estimate of drug-likeness (QED) is 0.703. The summed E-state index contributed by atoms with van der Waals surface area (Å²) < 4.78 is 19.1. The second-order valence-corrected chi connectivity index (χ2v) is 5.55. The standard InChI is InChI=1S/C18H20FN3O3/c1-3-25-16-8-7-11(9-13(16)19)21-18(23)12-10-20-14-5-4-6-15(17(12)14)22-24-2/h6-10,20,22H,3-5H2,1-2H3,(H,21,23). The Morgan fingerprint density at radius 1 is 1.40 bits per heavy atom. The maximum Gasteiger partial charge on any atom is 0.257 e. The molecule has 0 unspecified atom stereocenters. The van der Waals surface area contributed by atoms with Gasteiger partial charge in [-0.1, -0.05) is 6.08 Å². The number of aromatic nitrogens is 1. The summed E-state index contributed by atoms with van der Waals surface area (Å²) in [7, 11) is 1.52. The summed E-state index contributed by atoms with van der Waals surface area (Å²) >= 11 is 0. The van der Waals surface area contributed by atoms with Crippen LogP contribution in [-0.2, 0) is 11.3 Å². The normalized spacial score (nSPS) is 13.0. The molecule has 1 aliphatic rings. The average Bonchev–Trinajstić information content (AvgIpc) is 3.03. The van der Waals surface area contributed by atoms with Gasteiger partial charge in [0.2, 0.25) is 0 Å². The molecule has 0 bridgehead atoms. The van der Waals surface area contributed by atoms with Gasteiger partial charge in [0.1, 0.15) is 0 Å². The Morgan fingerprint density at radius 3 is 2.96 bits per heavy atom. The lowest BCUT2D eigenvalue weighted by Gasteiger charge is -2.16. The van der Waals surface area contributed by atoms with Crippen LogP contribution in [0.5, 0.6) is 5.75 Å². The summed E-state index contributed by atoms with van der Waals surface area (Å²) in [6.07, 6.45) is 5.30. The van der Waals surface area contributed by atoms with Gasteiger partial charge in [0.25, 0.3) is 5.91 Å². The third kappa shape index (κ3) is 3.51. The highest BCUT2D eigenvalue weighted by Gasteiger charge is 2.23. The second kappa shape index (κ2) is 7.40. The van der Waals surface area contributed by atoms with Crippen molar-refractivity contribution in [1.82, 2.24) is 10.5 Å². The number of fused-ring (bicyclic) bond motifs is 1. The Kier molecular flexibility index (Phi) is 5.04. The van der Waals surface area contributed by atoms with E-state index in [2.05, 4.69) is 15.8 Å². The number of amides is 1. The number of rotatable bonds is 6. The van der Waals surface area contributed by atoms with Crippen LogP contribution < -0.4 is 15.5 Å². The van der Waals surface area contributed by atoms with E-state index in [0.717, 1.165) is 29.8 Å². The predicted molar refractivity (Wildman–Crippen MR) is 92.8 cm³/mol. The number of hydrogen-bond acceptors (Lipinski definition) is 4. The van der Waals surface area contributed by atoms with Gasteiger partial charge < -0.3 is 15.0 Å². The molecular weight excluding hydrogens is 325 g/mol. The number of carbonyl (C=O) groups is 1. The fraction of sp³-hybridized carbons (Fsp3) is 0.278. The van der Waals surface area contributed by atoms with Gasteiger partial charge in [-0.05, 0) is 31.9 Å². The highest BCUT2D eigenvalue weighted by atomic mass is 19.1. The van der Waals surface area contributed by atoms with Crippen LogP contribution in [0.2, 0.25) is 0 Å². The molecule has 1 aliphatic carbocycles. The number of nitrogens with one attached hydrogen (secondary N) is 3. The van der Waals surface area contributed by atoms with Crippen LogP contribution in [-0.4, -0.2) is 24.6 Å². The molecule has 0 saturated heterocycles. The first-order chi connectivity index (χ1) is 12.1. The number of benzene rings is 1. The minimum absolute atomic E-state index is 0.161. The molecule has 7 heteroatoms. The molecule has 0 fully saturated rings. The monoisotopic (exact) mass is 345 g/mol. The SMILES string of the molecule is CCOc1ccc(NC(=O)c2c[nH]c3c2C(NOC)=CCC3)cc1F. The molecule has 1 amide bonds. The number of aromatic amines is 1. The third-order valence-electron chi connectivity index (χ3n) is 3.92. The number of aryl methyl sites for hydroxylation is 1. The van der Waals surface area contributed by atoms with Crippen LogP contribution in [0.25, 0.3) is 5.70 Å². The Morgan fingerprint density at radius 2 is 2.24 bits per heavy atom. The Hall–Kier alpha value is -2.80. The van der Waals surface area contributed by atoms with E-state index in [4.69, 9.17) is 9.57 Å². The number of halogens is 1. The number of hydroxylamine groups is 1. The van der Waals surface area contributed by atoms with Crippen molar-refractivity contribution in [3.63, 3.8) is 0 Å². The lowest BCUT2D eigenvalue weighted by molar-refractivity contribution is 0.102. The van der Waals surface area contributed by atoms with Crippen LogP contribution in [0.1, 0.15) is 35.0 Å². The van der Waals surface area contributed by atoms with Crippen molar-refractivity contribution in [2.75, 3.05) is 19.0 Å². The highest BCUT2D eigenvalue weighted by Crippen LogP contribution is 2.29. The van der Waals surface area contributed by atoms with Crippen molar-refractivity contribution in [3.8, 4) is 5.75 Å². The molecule has 3 rings (SSSR count). The van der Waals surface area contributed by atoms with Gasteiger partial charge in [-0.15, -0.1) is 0 Å². The molecular formula is C18H20FN3O3. The number of ether oxygens (including phenoxy) is 1. The molecule has 132 valence electrons. The van der Waals surface area contributed by atoms with Crippen molar-refractivity contribution in [1.29, 1.82) is 0 Å². The smallest absolute Gasteiger partial charge is 0.257 e. The summed E-state index contributed by atoms with van der Waals surface area (Å²) in [4.78, 5) is 20.8. The van der Waals surface area contributed by atoms with E-state index in [0.29, 0.717) is 17.9 Å². The Labute approximate surface area is 145 Å². The zero-order chi connectivity index (χ0) is 17.8. The summed E-state index contributed by atoms with van der Waals surface area (Å²) in [6.45, 7) is 2.16. The van der Waals surface area contributed by atoms with Crippen molar-refractivity contribution >= 4 is 17.3 Å². The first-order valence-electron chi connectivity index (χ1n) is 8.07. The molecule has 0 aliphatic heterocycles. The van der Waals surface area contributed by atoms with Gasteiger partial charge in [-0.25, -0.2) is 4.39 Å². The minimum atomic E-state index is -0.516. The van der Waals surface area contributed by atoms with Crippen molar-refractivity contribution in [3.05, 3.63) is 53.1 Å². The summed E-state index contributed by atoms with van der Waals surface area (Å²) in [5.41, 5.74) is 6.12. The third-order valence-corrected chi connectivity index (χ3v) is 3.92. The number of hydrogen-bond donors (Lipinski definition) is 3. The van der Waals surface area contributed by atoms with Crippen molar-refractivity contribution in [2.24, 2.45) is 0 Å². The highest BCUT2D eigenvalue weighted by molar-refractivity contribution is 6.07. The molecule has 0 saturated carbocycles. The topological polar surface area (TPSA) is 75.4 Å². The van der Waals surface area contributed by atoms with E-state index in [1.165, 1.54) is 19.2 Å². The maximum absolute atomic E-state index is 13.9. The molecule has 1 heterocycles. The molecule has 1 aromatic heterocycles. The number of H-pyrrole nitrogens is 1. The summed E-state index contributed by atoms with van der Waals surface area (Å²) in [6, 6.07) is 4.35. The number of anilines is 1. The largest absolute Gasteiger partial charge is 0.491 e. The molecule has 0 atom stereocenters. The Bertz CT molecular complexity index is 814. The van der Waals surface area contributed by atoms with Crippen molar-refractivity contribution in [2.45, 2.75) is 19.8 Å². The second-order valence-electron chi connectivity index (χ2n) is 5.55. The van der Waals surface area contributed by atoms with Crippen molar-refractivity contribution < 1.29 is 18.8 Å². The van der Waals surface area contributed by atoms with Crippen LogP contribution in [0.15, 0.2) is 30.5 Å². The van der Waals surface area contributed by atoms with Gasteiger partial charge in [0.15, 0.2) is 11.6 Å². The zero-order valence-electron chi connectivity index (χ0n) is 14.1. The number of carbonyl (C=O) groups excluding carboxylic acids is 1. The molecule has 25 heavy (non-hydrogen) atoms. The van der Waals surface area contributed by atoms with E-state index in [9.17, 15) is 9.18 Å². The zero-order valence-corrected chi connectivity index (χ0v) is 14.1. The van der Waals surface area contributed by atoms with Gasteiger partial charge in [0, 0.05) is 29.2 Å². The molecule has 3 N–H and O–H groups in total. The first kappa shape index (κ1) is 17.0. The van der Waals surface area contributed by atoms with Crippen LogP contribution in [0, 0.1) is 5.82 Å². The maximum atomic E-state index is 13.9. The lowest BCUT2D eigenvalue weighted by atomic mass is 9.98. The van der Waals surface area contributed by atoms with E-state index in [1.54, 1.807) is 19.2 Å². The van der Waals surface area contributed by atoms with E-state index >= 15 is 0 Å². The number of allylic oxidation sites excluding steroid dienone is 1. The van der Waals surface area contributed by atoms with Gasteiger partial charge in [-0.2, -0.15) is 0 Å². The van der Waals surface area contributed by atoms with E-state index in [1.807, 2.05) is 6.08 Å². The molecule has 0 radical (unpaired) electrons. The van der Waals surface area contributed by atoms with Gasteiger partial charge >= 0.3 is 0 Å². The minimum Gasteiger partial charge on any atom is -0.491 e. The molecule has 2 aromatic rings. The van der Waals surface area contributed by atoms with E-state index < -0.39 is 5.82 Å². The average molecular weight is 345 g/mol. The van der Waals surface area contributed by atoms with Gasteiger partial charge in [0.05, 0.1) is 25.0 Å². The fourth-order valence-electron chi connectivity index (χ4n) is 2.87. The predicted octanol–water partition coefficient (Wildman–Crippen LogP) is 3.24. The first-order valence-corrected chi connectivity index (χ1v) is 8.07. The summed E-state index contributed by atoms with van der Waals surface area (Å²) in [5.74, 6) is -0.682.